The van der Waals surface area contributed by atoms with Gasteiger partial charge in [0, 0.05) is 6.04 Å². The van der Waals surface area contributed by atoms with E-state index in [0.717, 1.165) is 38.0 Å². The molecule has 4 bridgehead atoms. The third kappa shape index (κ3) is 3.76. The van der Waals surface area contributed by atoms with Gasteiger partial charge >= 0.3 is 5.97 Å². The van der Waals surface area contributed by atoms with Crippen LogP contribution in [-0.4, -0.2) is 37.6 Å². The molecule has 1 heterocycles. The van der Waals surface area contributed by atoms with Crippen molar-refractivity contribution in [2.75, 3.05) is 0 Å². The minimum absolute atomic E-state index is 0.0993. The van der Waals surface area contributed by atoms with E-state index in [4.69, 9.17) is 22.4 Å². The van der Waals surface area contributed by atoms with Gasteiger partial charge in [-0.05, 0) is 62.7 Å². The molecule has 7 heteroatoms. The van der Waals surface area contributed by atoms with Crippen LogP contribution in [0.25, 0.3) is 0 Å². The molecule has 2 unspecified atom stereocenters. The summed E-state index contributed by atoms with van der Waals surface area (Å²) in [5, 5.41) is 23.3. The van der Waals surface area contributed by atoms with E-state index >= 15 is 0 Å². The van der Waals surface area contributed by atoms with Crippen LogP contribution in [0.5, 0.6) is 0 Å². The maximum atomic E-state index is 10.8. The Hall–Kier alpha value is -1.11. The number of hydrogen-bond acceptors (Lipinski definition) is 4. The van der Waals surface area contributed by atoms with Crippen molar-refractivity contribution < 1.29 is 15.0 Å². The molecule has 5 aliphatic rings. The summed E-state index contributed by atoms with van der Waals surface area (Å²) < 4.78 is 1.66. The number of carbonyl (C=O) groups is 1. The first-order chi connectivity index (χ1) is 12.9. The molecule has 6 nitrogen and oxygen atoms in total. The maximum absolute atomic E-state index is 10.8. The van der Waals surface area contributed by atoms with E-state index in [-0.39, 0.29) is 22.4 Å². The number of hydrogen-bond donors (Lipinski definition) is 3. The van der Waals surface area contributed by atoms with Crippen molar-refractivity contribution in [1.29, 1.82) is 0 Å². The Morgan fingerprint density at radius 2 is 1.81 bits per heavy atom. The highest BCUT2D eigenvalue weighted by Gasteiger charge is 2.53. The van der Waals surface area contributed by atoms with E-state index in [9.17, 15) is 9.90 Å². The van der Waals surface area contributed by atoms with Gasteiger partial charge in [0.2, 0.25) is 0 Å². The van der Waals surface area contributed by atoms with Crippen molar-refractivity contribution in [3.63, 3.8) is 0 Å². The van der Waals surface area contributed by atoms with Crippen LogP contribution in [0.3, 0.4) is 0 Å². The standard InChI is InChI=1S/C10H13ClN2O2.C10H17NO/c11-9-8(10(14)15)6-12-13(9)7-4-2-1-3-5-7;11-9-7-1-6-2-8(9)5-10(12,3-6)4-7/h6-7H,1-5H2,(H,14,15);6-9,12H,1-5,11H2. The predicted molar refractivity (Wildman–Crippen MR) is 103 cm³/mol. The van der Waals surface area contributed by atoms with Gasteiger partial charge in [-0.3, -0.25) is 4.68 Å². The number of halogens is 1. The Labute approximate surface area is 165 Å². The second-order valence-electron chi connectivity index (χ2n) is 9.16. The van der Waals surface area contributed by atoms with Gasteiger partial charge in [0.05, 0.1) is 17.8 Å². The zero-order chi connectivity index (χ0) is 19.2. The molecule has 5 aliphatic carbocycles. The summed E-state index contributed by atoms with van der Waals surface area (Å²) >= 11 is 5.97. The molecule has 1 aromatic heterocycles. The van der Waals surface area contributed by atoms with Gasteiger partial charge in [0.1, 0.15) is 10.7 Å². The van der Waals surface area contributed by atoms with Gasteiger partial charge in [-0.25, -0.2) is 4.79 Å². The van der Waals surface area contributed by atoms with Crippen LogP contribution >= 0.6 is 11.6 Å². The van der Waals surface area contributed by atoms with E-state index in [1.807, 2.05) is 0 Å². The minimum atomic E-state index is -1.01. The van der Waals surface area contributed by atoms with Crippen molar-refractivity contribution in [3.8, 4) is 0 Å². The number of carboxylic acids is 1. The summed E-state index contributed by atoms with van der Waals surface area (Å²) in [6.07, 6.45) is 12.6. The molecular formula is C20H30ClN3O3. The Morgan fingerprint density at radius 3 is 2.33 bits per heavy atom. The molecule has 2 atom stereocenters. The number of aromatic nitrogens is 2. The van der Waals surface area contributed by atoms with Crippen molar-refractivity contribution >= 4 is 17.6 Å². The fourth-order valence-corrected chi connectivity index (χ4v) is 6.40. The molecule has 1 aromatic rings. The van der Waals surface area contributed by atoms with Gasteiger partial charge in [0.15, 0.2) is 0 Å². The number of nitrogens with zero attached hydrogens (tertiary/aromatic N) is 2. The third-order valence-electron chi connectivity index (χ3n) is 7.20. The van der Waals surface area contributed by atoms with E-state index < -0.39 is 5.97 Å². The lowest BCUT2D eigenvalue weighted by Crippen LogP contribution is -2.59. The monoisotopic (exact) mass is 395 g/mol. The summed E-state index contributed by atoms with van der Waals surface area (Å²) in [5.74, 6) is 1.07. The largest absolute Gasteiger partial charge is 0.478 e. The molecule has 4 N–H and O–H groups in total. The maximum Gasteiger partial charge on any atom is 0.340 e. The summed E-state index contributed by atoms with van der Waals surface area (Å²) in [6.45, 7) is 0. The summed E-state index contributed by atoms with van der Waals surface area (Å²) in [4.78, 5) is 10.8. The van der Waals surface area contributed by atoms with Crippen LogP contribution in [0.2, 0.25) is 5.15 Å². The highest BCUT2D eigenvalue weighted by molar-refractivity contribution is 6.32. The van der Waals surface area contributed by atoms with Crippen LogP contribution in [0.1, 0.15) is 80.6 Å². The number of rotatable bonds is 2. The summed E-state index contributed by atoms with van der Waals surface area (Å²) in [5.41, 5.74) is 5.91. The Balaban J connectivity index is 0.000000136. The zero-order valence-electron chi connectivity index (χ0n) is 15.7. The molecule has 27 heavy (non-hydrogen) atoms. The molecule has 0 radical (unpaired) electrons. The van der Waals surface area contributed by atoms with Crippen molar-refractivity contribution in [3.05, 3.63) is 16.9 Å². The molecule has 0 aromatic carbocycles. The molecule has 5 saturated carbocycles. The second kappa shape index (κ2) is 7.37. The lowest BCUT2D eigenvalue weighted by molar-refractivity contribution is -0.132. The molecule has 5 fully saturated rings. The molecule has 0 amide bonds. The molecule has 6 rings (SSSR count). The van der Waals surface area contributed by atoms with Crippen molar-refractivity contribution in [2.45, 2.75) is 81.9 Å². The topological polar surface area (TPSA) is 101 Å². The normalized spacial score (nSPS) is 37.7. The molecule has 0 spiro atoms. The van der Waals surface area contributed by atoms with Gasteiger partial charge in [0.25, 0.3) is 0 Å². The average Bonchev–Trinajstić information content (AvgIpc) is 3.01. The second-order valence-corrected chi connectivity index (χ2v) is 9.52. The van der Waals surface area contributed by atoms with Gasteiger partial charge < -0.3 is 15.9 Å². The number of aromatic carboxylic acids is 1. The summed E-state index contributed by atoms with van der Waals surface area (Å²) in [7, 11) is 0. The highest BCUT2D eigenvalue weighted by atomic mass is 35.5. The number of carboxylic acid groups (broad SMARTS) is 1. The van der Waals surface area contributed by atoms with E-state index in [0.29, 0.717) is 17.9 Å². The Morgan fingerprint density at radius 1 is 1.19 bits per heavy atom. The fourth-order valence-electron chi connectivity index (χ4n) is 6.09. The molecular weight excluding hydrogens is 366 g/mol. The van der Waals surface area contributed by atoms with Crippen molar-refractivity contribution in [1.82, 2.24) is 9.78 Å². The van der Waals surface area contributed by atoms with Crippen LogP contribution in [0.15, 0.2) is 6.20 Å². The van der Waals surface area contributed by atoms with Gasteiger partial charge in [-0.15, -0.1) is 0 Å². The molecule has 0 aliphatic heterocycles. The average molecular weight is 396 g/mol. The summed E-state index contributed by atoms with van der Waals surface area (Å²) in [6, 6.07) is 0.682. The van der Waals surface area contributed by atoms with E-state index in [2.05, 4.69) is 5.10 Å². The van der Waals surface area contributed by atoms with Gasteiger partial charge in [-0.1, -0.05) is 30.9 Å². The lowest BCUT2D eigenvalue weighted by atomic mass is 9.52. The lowest BCUT2D eigenvalue weighted by Gasteiger charge is -2.57. The Kier molecular flexibility index (Phi) is 5.25. The van der Waals surface area contributed by atoms with Crippen LogP contribution in [0.4, 0.5) is 0 Å². The highest BCUT2D eigenvalue weighted by Crippen LogP contribution is 2.54. The molecule has 150 valence electrons. The SMILES string of the molecule is NC1C2CC3CC1CC(O)(C3)C2.O=C(O)c1cnn(C2CCCCC2)c1Cl. The fraction of sp³-hybridized carbons (Fsp3) is 0.800. The van der Waals surface area contributed by atoms with Crippen LogP contribution < -0.4 is 5.73 Å². The van der Waals surface area contributed by atoms with Crippen LogP contribution in [0, 0.1) is 17.8 Å². The van der Waals surface area contributed by atoms with E-state index in [1.165, 1.54) is 38.3 Å². The quantitative estimate of drug-likeness (QED) is 0.709. The van der Waals surface area contributed by atoms with E-state index in [1.54, 1.807) is 4.68 Å². The Bertz CT molecular complexity index is 685. The first kappa shape index (κ1) is 19.2. The van der Waals surface area contributed by atoms with Gasteiger partial charge in [-0.2, -0.15) is 5.10 Å². The molecule has 0 saturated heterocycles. The third-order valence-corrected chi connectivity index (χ3v) is 7.58. The predicted octanol–water partition coefficient (Wildman–Crippen LogP) is 3.62. The smallest absolute Gasteiger partial charge is 0.340 e. The van der Waals surface area contributed by atoms with Crippen LogP contribution in [-0.2, 0) is 0 Å². The first-order valence-corrected chi connectivity index (χ1v) is 10.7. The number of aliphatic hydroxyl groups is 1. The number of nitrogens with two attached hydrogens (primary N) is 1. The first-order valence-electron chi connectivity index (χ1n) is 10.3. The van der Waals surface area contributed by atoms with Crippen molar-refractivity contribution in [2.24, 2.45) is 23.5 Å². The minimum Gasteiger partial charge on any atom is -0.478 e. The zero-order valence-corrected chi connectivity index (χ0v) is 16.4.